The molecule has 0 aliphatic carbocycles. The predicted molar refractivity (Wildman–Crippen MR) is 104 cm³/mol. The second-order valence-corrected chi connectivity index (χ2v) is 6.57. The van der Waals surface area contributed by atoms with Crippen molar-refractivity contribution in [3.63, 3.8) is 0 Å². The van der Waals surface area contributed by atoms with E-state index < -0.39 is 0 Å². The van der Waals surface area contributed by atoms with Gasteiger partial charge in [-0.05, 0) is 42.0 Å². The summed E-state index contributed by atoms with van der Waals surface area (Å²) in [6.07, 6.45) is 4.92. The summed E-state index contributed by atoms with van der Waals surface area (Å²) in [6, 6.07) is 19.0. The quantitative estimate of drug-likeness (QED) is 0.441. The Hall–Kier alpha value is -3.38. The lowest BCUT2D eigenvalue weighted by Gasteiger charge is -2.01. The fourth-order valence-electron chi connectivity index (χ4n) is 2.44. The van der Waals surface area contributed by atoms with E-state index in [0.717, 1.165) is 26.4 Å². The van der Waals surface area contributed by atoms with Gasteiger partial charge in [0.05, 0.1) is 16.4 Å². The van der Waals surface area contributed by atoms with Crippen LogP contribution in [0.15, 0.2) is 78.2 Å². The molecule has 126 valence electrons. The number of aromatic nitrogens is 2. The first kappa shape index (κ1) is 16.1. The van der Waals surface area contributed by atoms with Crippen molar-refractivity contribution in [2.45, 2.75) is 0 Å². The number of carbonyl (C=O) groups is 1. The summed E-state index contributed by atoms with van der Waals surface area (Å²) in [6.45, 7) is 0. The largest absolute Gasteiger partial charge is 0.271 e. The molecule has 1 N–H and O–H groups in total. The van der Waals surface area contributed by atoms with E-state index in [0.29, 0.717) is 5.56 Å². The summed E-state index contributed by atoms with van der Waals surface area (Å²) >= 11 is 1.64. The molecule has 0 spiro atoms. The molecule has 1 amide bonds. The van der Waals surface area contributed by atoms with Gasteiger partial charge >= 0.3 is 0 Å². The van der Waals surface area contributed by atoms with Crippen molar-refractivity contribution in [1.82, 2.24) is 15.4 Å². The zero-order valence-corrected chi connectivity index (χ0v) is 14.5. The summed E-state index contributed by atoms with van der Waals surface area (Å²) in [5.74, 6) is -0.258. The first-order valence-corrected chi connectivity index (χ1v) is 8.81. The molecule has 0 bridgehead atoms. The molecule has 2 aromatic heterocycles. The molecular formula is C20H14N4OS. The SMILES string of the molecule is O=C(N/N=C/c1ccncc1)c1ccc(-c2nc3ccccc3s2)cc1. The average Bonchev–Trinajstić information content (AvgIpc) is 3.13. The van der Waals surface area contributed by atoms with E-state index in [-0.39, 0.29) is 5.91 Å². The number of fused-ring (bicyclic) bond motifs is 1. The normalized spacial score (nSPS) is 11.1. The van der Waals surface area contributed by atoms with Crippen molar-refractivity contribution in [1.29, 1.82) is 0 Å². The standard InChI is InChI=1S/C20H14N4OS/c25-19(24-22-13-14-9-11-21-12-10-14)15-5-7-16(8-6-15)20-23-17-3-1-2-4-18(17)26-20/h1-13H,(H,24,25)/b22-13+. The van der Waals surface area contributed by atoms with Gasteiger partial charge in [0.1, 0.15) is 5.01 Å². The third kappa shape index (κ3) is 3.50. The number of para-hydroxylation sites is 1. The molecule has 0 radical (unpaired) electrons. The zero-order valence-electron chi connectivity index (χ0n) is 13.7. The molecule has 0 fully saturated rings. The predicted octanol–water partition coefficient (Wildman–Crippen LogP) is 4.12. The van der Waals surface area contributed by atoms with Crippen LogP contribution in [-0.4, -0.2) is 22.1 Å². The van der Waals surface area contributed by atoms with Crippen LogP contribution >= 0.6 is 11.3 Å². The van der Waals surface area contributed by atoms with Gasteiger partial charge in [-0.3, -0.25) is 9.78 Å². The monoisotopic (exact) mass is 358 g/mol. The highest BCUT2D eigenvalue weighted by molar-refractivity contribution is 7.21. The third-order valence-electron chi connectivity index (χ3n) is 3.77. The van der Waals surface area contributed by atoms with E-state index in [1.807, 2.05) is 42.5 Å². The van der Waals surface area contributed by atoms with Gasteiger partial charge in [-0.25, -0.2) is 10.4 Å². The van der Waals surface area contributed by atoms with Crippen LogP contribution < -0.4 is 5.43 Å². The van der Waals surface area contributed by atoms with Crippen molar-refractivity contribution in [3.8, 4) is 10.6 Å². The van der Waals surface area contributed by atoms with E-state index in [9.17, 15) is 4.79 Å². The van der Waals surface area contributed by atoms with Crippen molar-refractivity contribution < 1.29 is 4.79 Å². The maximum absolute atomic E-state index is 12.2. The molecule has 4 rings (SSSR count). The maximum Gasteiger partial charge on any atom is 0.271 e. The maximum atomic E-state index is 12.2. The van der Waals surface area contributed by atoms with E-state index >= 15 is 0 Å². The van der Waals surface area contributed by atoms with E-state index in [1.165, 1.54) is 0 Å². The van der Waals surface area contributed by atoms with Gasteiger partial charge in [-0.15, -0.1) is 11.3 Å². The van der Waals surface area contributed by atoms with Gasteiger partial charge in [0.15, 0.2) is 0 Å². The molecule has 26 heavy (non-hydrogen) atoms. The Morgan fingerprint density at radius 1 is 1.00 bits per heavy atom. The summed E-state index contributed by atoms with van der Waals surface area (Å²) in [4.78, 5) is 20.7. The number of nitrogens with one attached hydrogen (secondary N) is 1. The molecule has 6 heteroatoms. The summed E-state index contributed by atoms with van der Waals surface area (Å²) in [5.41, 5.74) is 5.91. The minimum Gasteiger partial charge on any atom is -0.267 e. The highest BCUT2D eigenvalue weighted by Gasteiger charge is 2.08. The van der Waals surface area contributed by atoms with Gasteiger partial charge < -0.3 is 0 Å². The highest BCUT2D eigenvalue weighted by Crippen LogP contribution is 2.29. The zero-order chi connectivity index (χ0) is 17.8. The number of hydrazone groups is 1. The smallest absolute Gasteiger partial charge is 0.267 e. The molecule has 2 aromatic carbocycles. The Bertz CT molecular complexity index is 1040. The number of pyridine rings is 1. The lowest BCUT2D eigenvalue weighted by molar-refractivity contribution is 0.0955. The number of hydrogen-bond donors (Lipinski definition) is 1. The number of benzene rings is 2. The number of hydrogen-bond acceptors (Lipinski definition) is 5. The molecule has 0 aliphatic heterocycles. The summed E-state index contributed by atoms with van der Waals surface area (Å²) < 4.78 is 1.15. The van der Waals surface area contributed by atoms with E-state index in [4.69, 9.17) is 0 Å². The van der Waals surface area contributed by atoms with E-state index in [1.54, 1.807) is 42.1 Å². The van der Waals surface area contributed by atoms with Crippen LogP contribution in [0, 0.1) is 0 Å². The van der Waals surface area contributed by atoms with Gasteiger partial charge in [-0.2, -0.15) is 5.10 Å². The van der Waals surface area contributed by atoms with Gasteiger partial charge in [-0.1, -0.05) is 24.3 Å². The van der Waals surface area contributed by atoms with Crippen LogP contribution in [0.3, 0.4) is 0 Å². The van der Waals surface area contributed by atoms with Crippen LogP contribution in [0.5, 0.6) is 0 Å². The third-order valence-corrected chi connectivity index (χ3v) is 4.86. The second-order valence-electron chi connectivity index (χ2n) is 5.54. The number of amides is 1. The van der Waals surface area contributed by atoms with Gasteiger partial charge in [0.2, 0.25) is 0 Å². The molecule has 2 heterocycles. The molecule has 5 nitrogen and oxygen atoms in total. The van der Waals surface area contributed by atoms with E-state index in [2.05, 4.69) is 26.6 Å². The van der Waals surface area contributed by atoms with Crippen LogP contribution in [0.25, 0.3) is 20.8 Å². The first-order chi connectivity index (χ1) is 12.8. The van der Waals surface area contributed by atoms with Crippen LogP contribution in [0.4, 0.5) is 0 Å². The number of rotatable bonds is 4. The lowest BCUT2D eigenvalue weighted by Crippen LogP contribution is -2.17. The minimum absolute atomic E-state index is 0.258. The van der Waals surface area contributed by atoms with Crippen molar-refractivity contribution in [2.75, 3.05) is 0 Å². The molecule has 0 unspecified atom stereocenters. The Morgan fingerprint density at radius 2 is 1.77 bits per heavy atom. The van der Waals surface area contributed by atoms with Crippen molar-refractivity contribution >= 4 is 33.7 Å². The Labute approximate surface area is 154 Å². The van der Waals surface area contributed by atoms with Crippen molar-refractivity contribution in [2.24, 2.45) is 5.10 Å². The van der Waals surface area contributed by atoms with Crippen LogP contribution in [-0.2, 0) is 0 Å². The number of thiazole rings is 1. The van der Waals surface area contributed by atoms with Gasteiger partial charge in [0.25, 0.3) is 5.91 Å². The van der Waals surface area contributed by atoms with Crippen LogP contribution in [0.2, 0.25) is 0 Å². The summed E-state index contributed by atoms with van der Waals surface area (Å²) in [5, 5.41) is 4.90. The minimum atomic E-state index is -0.258. The second kappa shape index (κ2) is 7.25. The molecule has 0 saturated heterocycles. The molecule has 0 atom stereocenters. The fourth-order valence-corrected chi connectivity index (χ4v) is 3.41. The van der Waals surface area contributed by atoms with Gasteiger partial charge in [0, 0.05) is 23.5 Å². The Balaban J connectivity index is 1.46. The lowest BCUT2D eigenvalue weighted by atomic mass is 10.1. The van der Waals surface area contributed by atoms with Crippen LogP contribution in [0.1, 0.15) is 15.9 Å². The van der Waals surface area contributed by atoms with Crippen molar-refractivity contribution in [3.05, 3.63) is 84.2 Å². The molecular weight excluding hydrogens is 344 g/mol. The number of nitrogens with zero attached hydrogens (tertiary/aromatic N) is 3. The first-order valence-electron chi connectivity index (χ1n) is 7.99. The topological polar surface area (TPSA) is 67.2 Å². The summed E-state index contributed by atoms with van der Waals surface area (Å²) in [7, 11) is 0. The highest BCUT2D eigenvalue weighted by atomic mass is 32.1. The fraction of sp³-hybridized carbons (Fsp3) is 0. The Kier molecular flexibility index (Phi) is 4.49. The molecule has 4 aromatic rings. The molecule has 0 saturated carbocycles. The Morgan fingerprint density at radius 3 is 2.54 bits per heavy atom. The number of carbonyl (C=O) groups excluding carboxylic acids is 1. The molecule has 0 aliphatic rings. The average molecular weight is 358 g/mol.